The highest BCUT2D eigenvalue weighted by atomic mass is 15.2. The molecule has 0 bridgehead atoms. The zero-order chi connectivity index (χ0) is 15.5. The van der Waals surface area contributed by atoms with Gasteiger partial charge in [0.2, 0.25) is 0 Å². The lowest BCUT2D eigenvalue weighted by atomic mass is 10.3. The van der Waals surface area contributed by atoms with Gasteiger partial charge in [-0.05, 0) is 24.3 Å². The van der Waals surface area contributed by atoms with Gasteiger partial charge in [-0.1, -0.05) is 52.3 Å². The van der Waals surface area contributed by atoms with E-state index in [4.69, 9.17) is 0 Å². The van der Waals surface area contributed by atoms with Gasteiger partial charge in [0.25, 0.3) is 0 Å². The molecule has 0 aliphatic heterocycles. The molecular formula is C17H28N4. The molecule has 116 valence electrons. The number of fused-ring (bicyclic) bond motifs is 1. The Labute approximate surface area is 129 Å². The minimum absolute atomic E-state index is 0. The number of aromatic amines is 1. The molecule has 0 saturated carbocycles. The normalized spacial score (nSPS) is 9.14. The van der Waals surface area contributed by atoms with Crippen LogP contribution in [0.25, 0.3) is 11.0 Å². The van der Waals surface area contributed by atoms with E-state index in [9.17, 15) is 0 Å². The first-order valence-electron chi connectivity index (χ1n) is 7.46. The molecule has 4 heteroatoms. The Hall–Kier alpha value is -2.36. The topological polar surface area (TPSA) is 53.6 Å². The molecule has 0 aliphatic carbocycles. The van der Waals surface area contributed by atoms with E-state index in [1.165, 1.54) is 6.42 Å². The van der Waals surface area contributed by atoms with Gasteiger partial charge < -0.3 is 5.32 Å². The van der Waals surface area contributed by atoms with Crippen LogP contribution in [0.4, 0.5) is 11.5 Å². The van der Waals surface area contributed by atoms with Gasteiger partial charge in [-0.2, -0.15) is 5.10 Å². The minimum atomic E-state index is 0. The van der Waals surface area contributed by atoms with Crippen molar-refractivity contribution in [1.82, 2.24) is 15.2 Å². The Morgan fingerprint density at radius 1 is 1.05 bits per heavy atom. The van der Waals surface area contributed by atoms with Gasteiger partial charge >= 0.3 is 0 Å². The Morgan fingerprint density at radius 2 is 1.71 bits per heavy atom. The van der Waals surface area contributed by atoms with Gasteiger partial charge in [0.15, 0.2) is 5.82 Å². The molecule has 21 heavy (non-hydrogen) atoms. The molecule has 2 N–H and O–H groups in total. The zero-order valence-electron chi connectivity index (χ0n) is 13.2. The van der Waals surface area contributed by atoms with E-state index in [1.807, 2.05) is 56.3 Å². The average Bonchev–Trinajstić information content (AvgIpc) is 2.95. The third kappa shape index (κ3) is 4.91. The lowest BCUT2D eigenvalue weighted by molar-refractivity contribution is 1.09. The summed E-state index contributed by atoms with van der Waals surface area (Å²) in [5, 5.41) is 10.3. The zero-order valence-corrected chi connectivity index (χ0v) is 13.2. The molecule has 2 heterocycles. The fraction of sp³-hybridized carbons (Fsp3) is 0.294. The first-order valence-corrected chi connectivity index (χ1v) is 7.46. The highest BCUT2D eigenvalue weighted by molar-refractivity contribution is 5.87. The second kappa shape index (κ2) is 9.53. The number of H-pyrrole nitrogens is 1. The van der Waals surface area contributed by atoms with Gasteiger partial charge in [0.1, 0.15) is 5.52 Å². The summed E-state index contributed by atoms with van der Waals surface area (Å²) in [4.78, 5) is 4.28. The smallest absolute Gasteiger partial charge is 0.178 e. The van der Waals surface area contributed by atoms with E-state index in [0.717, 1.165) is 22.5 Å². The third-order valence-electron chi connectivity index (χ3n) is 2.36. The summed E-state index contributed by atoms with van der Waals surface area (Å²) in [6.07, 6.45) is 3.01. The Bertz CT molecular complexity index is 627. The number of hydrogen-bond donors (Lipinski definition) is 2. The number of benzene rings is 1. The van der Waals surface area contributed by atoms with Gasteiger partial charge in [0.05, 0.1) is 5.52 Å². The number of anilines is 2. The van der Waals surface area contributed by atoms with Gasteiger partial charge in [-0.3, -0.25) is 10.1 Å². The standard InChI is InChI=1S/C12H10N4.C3H8.C2H6.2H2/c1-2-5-9(6-3-1)14-12-11-10(15-16-12)7-4-8-13-11;1-3-2;1-2;;/h1-8H,(H2,14,15,16);3H2,1-2H3;1-2H3;2*1H. The van der Waals surface area contributed by atoms with Crippen molar-refractivity contribution in [2.24, 2.45) is 0 Å². The SMILES string of the molecule is CC.CCC.[HH].[HH].c1ccc(Nc2n[nH]c3cccnc23)cc1. The molecule has 0 atom stereocenters. The maximum atomic E-state index is 4.28. The largest absolute Gasteiger partial charge is 0.337 e. The number of para-hydroxylation sites is 1. The lowest BCUT2D eigenvalue weighted by Crippen LogP contribution is -1.90. The number of nitrogens with zero attached hydrogens (tertiary/aromatic N) is 2. The molecule has 1 aromatic carbocycles. The summed E-state index contributed by atoms with van der Waals surface area (Å²) in [5.74, 6) is 0.752. The number of aromatic nitrogens is 3. The molecular weight excluding hydrogens is 260 g/mol. The summed E-state index contributed by atoms with van der Waals surface area (Å²) >= 11 is 0. The number of nitrogens with one attached hydrogen (secondary N) is 2. The van der Waals surface area contributed by atoms with Crippen molar-refractivity contribution in [3.63, 3.8) is 0 Å². The molecule has 3 rings (SSSR count). The Morgan fingerprint density at radius 3 is 2.38 bits per heavy atom. The molecule has 0 aliphatic rings. The van der Waals surface area contributed by atoms with Crippen LogP contribution in [-0.4, -0.2) is 15.2 Å². The van der Waals surface area contributed by atoms with E-state index in [1.54, 1.807) is 6.20 Å². The third-order valence-corrected chi connectivity index (χ3v) is 2.36. The Kier molecular flexibility index (Phi) is 7.58. The summed E-state index contributed by atoms with van der Waals surface area (Å²) in [6.45, 7) is 8.25. The van der Waals surface area contributed by atoms with Crippen LogP contribution in [-0.2, 0) is 0 Å². The van der Waals surface area contributed by atoms with Crippen LogP contribution in [0.2, 0.25) is 0 Å². The molecule has 0 spiro atoms. The van der Waals surface area contributed by atoms with Crippen molar-refractivity contribution in [2.75, 3.05) is 5.32 Å². The fourth-order valence-electron chi connectivity index (χ4n) is 1.60. The van der Waals surface area contributed by atoms with Crippen molar-refractivity contribution in [2.45, 2.75) is 34.1 Å². The van der Waals surface area contributed by atoms with E-state index in [0.29, 0.717) is 0 Å². The number of hydrogen-bond acceptors (Lipinski definition) is 3. The highest BCUT2D eigenvalue weighted by Gasteiger charge is 2.05. The van der Waals surface area contributed by atoms with E-state index >= 15 is 0 Å². The lowest BCUT2D eigenvalue weighted by Gasteiger charge is -2.01. The monoisotopic (exact) mass is 288 g/mol. The van der Waals surface area contributed by atoms with E-state index in [-0.39, 0.29) is 2.85 Å². The first-order chi connectivity index (χ1) is 10.3. The molecule has 0 fully saturated rings. The Balaban J connectivity index is 0. The number of pyridine rings is 1. The van der Waals surface area contributed by atoms with Crippen molar-refractivity contribution in [1.29, 1.82) is 0 Å². The van der Waals surface area contributed by atoms with Crippen molar-refractivity contribution < 1.29 is 2.85 Å². The van der Waals surface area contributed by atoms with Crippen LogP contribution in [0.1, 0.15) is 37.0 Å². The highest BCUT2D eigenvalue weighted by Crippen LogP contribution is 2.20. The summed E-state index contributed by atoms with van der Waals surface area (Å²) in [6, 6.07) is 13.7. The summed E-state index contributed by atoms with van der Waals surface area (Å²) in [7, 11) is 0. The van der Waals surface area contributed by atoms with E-state index < -0.39 is 0 Å². The van der Waals surface area contributed by atoms with Crippen LogP contribution >= 0.6 is 0 Å². The maximum absolute atomic E-state index is 4.28. The molecule has 0 unspecified atom stereocenters. The minimum Gasteiger partial charge on any atom is -0.337 e. The van der Waals surface area contributed by atoms with Crippen molar-refractivity contribution in [3.05, 3.63) is 48.7 Å². The molecule has 0 saturated heterocycles. The van der Waals surface area contributed by atoms with Crippen LogP contribution < -0.4 is 5.32 Å². The van der Waals surface area contributed by atoms with Crippen LogP contribution in [0.5, 0.6) is 0 Å². The second-order valence-corrected chi connectivity index (χ2v) is 4.17. The molecule has 0 amide bonds. The van der Waals surface area contributed by atoms with Crippen LogP contribution in [0.15, 0.2) is 48.7 Å². The summed E-state index contributed by atoms with van der Waals surface area (Å²) in [5.41, 5.74) is 2.79. The second-order valence-electron chi connectivity index (χ2n) is 4.17. The van der Waals surface area contributed by atoms with Gasteiger partial charge in [-0.25, -0.2) is 0 Å². The van der Waals surface area contributed by atoms with Crippen molar-refractivity contribution >= 4 is 22.5 Å². The quantitative estimate of drug-likeness (QED) is 0.642. The molecule has 2 aromatic heterocycles. The molecule has 0 radical (unpaired) electrons. The predicted octanol–water partition coefficient (Wildman–Crippen LogP) is 5.64. The van der Waals surface area contributed by atoms with E-state index in [2.05, 4.69) is 34.3 Å². The summed E-state index contributed by atoms with van der Waals surface area (Å²) < 4.78 is 0. The average molecular weight is 288 g/mol. The molecule has 4 nitrogen and oxygen atoms in total. The fourth-order valence-corrected chi connectivity index (χ4v) is 1.60. The molecule has 3 aromatic rings. The predicted molar refractivity (Wildman–Crippen MR) is 95.2 cm³/mol. The van der Waals surface area contributed by atoms with Crippen LogP contribution in [0.3, 0.4) is 0 Å². The van der Waals surface area contributed by atoms with Gasteiger partial charge in [0, 0.05) is 14.7 Å². The maximum Gasteiger partial charge on any atom is 0.178 e. The van der Waals surface area contributed by atoms with Crippen LogP contribution in [0, 0.1) is 0 Å². The first kappa shape index (κ1) is 16.7. The van der Waals surface area contributed by atoms with Gasteiger partial charge in [-0.15, -0.1) is 0 Å². The van der Waals surface area contributed by atoms with Crippen molar-refractivity contribution in [3.8, 4) is 0 Å². The number of rotatable bonds is 2.